The van der Waals surface area contributed by atoms with Crippen LogP contribution in [0, 0.1) is 11.3 Å². The van der Waals surface area contributed by atoms with Crippen LogP contribution in [0.15, 0.2) is 42.6 Å². The van der Waals surface area contributed by atoms with Gasteiger partial charge in [-0.25, -0.2) is 0 Å². The monoisotopic (exact) mass is 334 g/mol. The highest BCUT2D eigenvalue weighted by atomic mass is 79.9. The van der Waals surface area contributed by atoms with Crippen molar-refractivity contribution in [3.05, 3.63) is 53.9 Å². The van der Waals surface area contributed by atoms with Crippen LogP contribution in [0.4, 0.5) is 0 Å². The predicted octanol–water partition coefficient (Wildman–Crippen LogP) is -1.08. The molecule has 104 valence electrons. The number of halogens is 1. The molecule has 0 aliphatic carbocycles. The average Bonchev–Trinajstić information content (AvgIpc) is 2.47. The van der Waals surface area contributed by atoms with Gasteiger partial charge in [-0.2, -0.15) is 9.83 Å². The van der Waals surface area contributed by atoms with Crippen molar-refractivity contribution in [2.45, 2.75) is 6.54 Å². The van der Waals surface area contributed by atoms with Crippen LogP contribution in [-0.4, -0.2) is 14.2 Å². The van der Waals surface area contributed by atoms with Gasteiger partial charge in [-0.1, -0.05) is 6.07 Å². The third-order valence-electron chi connectivity index (χ3n) is 2.88. The summed E-state index contributed by atoms with van der Waals surface area (Å²) in [6.45, 7) is 0.560. The molecular weight excluding hydrogens is 320 g/mol. The number of nitriles is 1. The van der Waals surface area contributed by atoms with E-state index in [0.717, 1.165) is 5.56 Å². The smallest absolute Gasteiger partial charge is 0.283 e. The summed E-state index contributed by atoms with van der Waals surface area (Å²) in [6, 6.07) is 13.4. The Hall–Kier alpha value is -2.06. The summed E-state index contributed by atoms with van der Waals surface area (Å²) < 4.78 is 12.5. The fraction of sp³-hybridized carbons (Fsp3) is 0.200. The summed E-state index contributed by atoms with van der Waals surface area (Å²) in [5.41, 5.74) is 1.57. The van der Waals surface area contributed by atoms with Crippen LogP contribution in [-0.2, 0) is 6.54 Å². The minimum absolute atomic E-state index is 0. The molecule has 0 saturated heterocycles. The molecule has 2 aromatic rings. The molecule has 2 rings (SSSR count). The van der Waals surface area contributed by atoms with Crippen molar-refractivity contribution < 1.29 is 31.0 Å². The molecule has 1 heterocycles. The lowest BCUT2D eigenvalue weighted by Crippen LogP contribution is -3.00. The van der Waals surface area contributed by atoms with E-state index in [9.17, 15) is 0 Å². The number of hydrogen-bond acceptors (Lipinski definition) is 3. The molecule has 0 unspecified atom stereocenters. The zero-order valence-electron chi connectivity index (χ0n) is 11.3. The standard InChI is InChI=1S/C15H15N2O2.BrH/c1-18-14-8-5-6-12(15(14)19-2)11-17-9-4-3-7-13(17)10-16;/h3-9H,11H2,1-2H3;1H/q+1;/p-1. The van der Waals surface area contributed by atoms with E-state index in [1.165, 1.54) is 0 Å². The molecule has 0 fully saturated rings. The molecule has 0 amide bonds. The van der Waals surface area contributed by atoms with Gasteiger partial charge >= 0.3 is 0 Å². The molecule has 1 aromatic heterocycles. The first-order chi connectivity index (χ1) is 9.30. The summed E-state index contributed by atoms with van der Waals surface area (Å²) in [5, 5.41) is 9.10. The summed E-state index contributed by atoms with van der Waals surface area (Å²) in [7, 11) is 3.22. The van der Waals surface area contributed by atoms with Gasteiger partial charge in [-0.15, -0.1) is 0 Å². The summed E-state index contributed by atoms with van der Waals surface area (Å²) in [6.07, 6.45) is 1.87. The second-order valence-electron chi connectivity index (χ2n) is 3.98. The average molecular weight is 335 g/mol. The number of rotatable bonds is 4. The Balaban J connectivity index is 0.00000200. The number of pyridine rings is 1. The third-order valence-corrected chi connectivity index (χ3v) is 2.88. The second kappa shape index (κ2) is 7.51. The minimum Gasteiger partial charge on any atom is -1.00 e. The molecule has 0 saturated carbocycles. The quantitative estimate of drug-likeness (QED) is 0.668. The Morgan fingerprint density at radius 2 is 1.90 bits per heavy atom. The molecule has 0 spiro atoms. The van der Waals surface area contributed by atoms with Crippen molar-refractivity contribution in [3.63, 3.8) is 0 Å². The molecule has 0 bridgehead atoms. The van der Waals surface area contributed by atoms with E-state index >= 15 is 0 Å². The van der Waals surface area contributed by atoms with Gasteiger partial charge in [0.1, 0.15) is 0 Å². The highest BCUT2D eigenvalue weighted by Gasteiger charge is 2.15. The van der Waals surface area contributed by atoms with Gasteiger partial charge < -0.3 is 26.5 Å². The normalized spacial score (nSPS) is 9.25. The first-order valence-corrected chi connectivity index (χ1v) is 5.88. The van der Waals surface area contributed by atoms with Crippen molar-refractivity contribution in [3.8, 4) is 17.6 Å². The van der Waals surface area contributed by atoms with Crippen LogP contribution in [0.2, 0.25) is 0 Å². The Bertz CT molecular complexity index is 624. The van der Waals surface area contributed by atoms with Gasteiger partial charge in [0, 0.05) is 12.1 Å². The lowest BCUT2D eigenvalue weighted by atomic mass is 10.1. The lowest BCUT2D eigenvalue weighted by molar-refractivity contribution is -0.690. The van der Waals surface area contributed by atoms with E-state index in [-0.39, 0.29) is 17.0 Å². The number of para-hydroxylation sites is 1. The largest absolute Gasteiger partial charge is 1.00 e. The van der Waals surface area contributed by atoms with Gasteiger partial charge in [0.05, 0.1) is 19.8 Å². The van der Waals surface area contributed by atoms with Crippen molar-refractivity contribution in [2.24, 2.45) is 0 Å². The van der Waals surface area contributed by atoms with E-state index < -0.39 is 0 Å². The topological polar surface area (TPSA) is 46.1 Å². The van der Waals surface area contributed by atoms with Crippen molar-refractivity contribution >= 4 is 0 Å². The summed E-state index contributed by atoms with van der Waals surface area (Å²) >= 11 is 0. The predicted molar refractivity (Wildman–Crippen MR) is 70.0 cm³/mol. The fourth-order valence-corrected chi connectivity index (χ4v) is 1.98. The second-order valence-corrected chi connectivity index (χ2v) is 3.98. The zero-order chi connectivity index (χ0) is 13.7. The van der Waals surface area contributed by atoms with E-state index in [1.54, 1.807) is 20.3 Å². The number of benzene rings is 1. The fourth-order valence-electron chi connectivity index (χ4n) is 1.98. The van der Waals surface area contributed by atoms with E-state index in [4.69, 9.17) is 14.7 Å². The first kappa shape index (κ1) is 16.0. The Labute approximate surface area is 129 Å². The maximum atomic E-state index is 9.10. The van der Waals surface area contributed by atoms with Crippen molar-refractivity contribution in [2.75, 3.05) is 14.2 Å². The summed E-state index contributed by atoms with van der Waals surface area (Å²) in [4.78, 5) is 0. The lowest BCUT2D eigenvalue weighted by Gasteiger charge is -2.10. The SMILES string of the molecule is COc1cccc(C[n+]2ccccc2C#N)c1OC.[Br-]. The molecule has 20 heavy (non-hydrogen) atoms. The Morgan fingerprint density at radius 1 is 1.10 bits per heavy atom. The number of nitrogens with zero attached hydrogens (tertiary/aromatic N) is 2. The van der Waals surface area contributed by atoms with Crippen LogP contribution >= 0.6 is 0 Å². The number of methoxy groups -OCH3 is 2. The van der Waals surface area contributed by atoms with Gasteiger partial charge in [0.25, 0.3) is 5.69 Å². The molecule has 0 N–H and O–H groups in total. The van der Waals surface area contributed by atoms with E-state index in [0.29, 0.717) is 23.7 Å². The maximum Gasteiger partial charge on any atom is 0.283 e. The minimum atomic E-state index is 0. The van der Waals surface area contributed by atoms with Crippen LogP contribution < -0.4 is 31.0 Å². The molecule has 4 nitrogen and oxygen atoms in total. The van der Waals surface area contributed by atoms with E-state index in [2.05, 4.69) is 6.07 Å². The highest BCUT2D eigenvalue weighted by Crippen LogP contribution is 2.30. The zero-order valence-corrected chi connectivity index (χ0v) is 12.9. The van der Waals surface area contributed by atoms with Crippen LogP contribution in [0.25, 0.3) is 0 Å². The van der Waals surface area contributed by atoms with E-state index in [1.807, 2.05) is 41.1 Å². The van der Waals surface area contributed by atoms with Gasteiger partial charge in [-0.05, 0) is 18.2 Å². The van der Waals surface area contributed by atoms with Gasteiger partial charge in [0.2, 0.25) is 0 Å². The molecule has 0 aliphatic heterocycles. The van der Waals surface area contributed by atoms with Crippen molar-refractivity contribution in [1.29, 1.82) is 5.26 Å². The molecule has 0 aliphatic rings. The van der Waals surface area contributed by atoms with Crippen molar-refractivity contribution in [1.82, 2.24) is 0 Å². The maximum absolute atomic E-state index is 9.10. The number of ether oxygens (including phenoxy) is 2. The molecule has 5 heteroatoms. The molecule has 0 radical (unpaired) electrons. The Morgan fingerprint density at radius 3 is 2.55 bits per heavy atom. The third kappa shape index (κ3) is 3.28. The number of hydrogen-bond donors (Lipinski definition) is 0. The van der Waals surface area contributed by atoms with Gasteiger partial charge in [0.15, 0.2) is 30.3 Å². The van der Waals surface area contributed by atoms with Crippen LogP contribution in [0.1, 0.15) is 11.3 Å². The number of aromatic nitrogens is 1. The van der Waals surface area contributed by atoms with Gasteiger partial charge in [-0.3, -0.25) is 0 Å². The molecule has 1 aromatic carbocycles. The first-order valence-electron chi connectivity index (χ1n) is 5.88. The Kier molecular flexibility index (Phi) is 6.01. The molecular formula is C15H15BrN2O2. The highest BCUT2D eigenvalue weighted by molar-refractivity contribution is 5.46. The summed E-state index contributed by atoms with van der Waals surface area (Å²) in [5.74, 6) is 1.39. The van der Waals surface area contributed by atoms with Crippen LogP contribution in [0.5, 0.6) is 11.5 Å². The molecule has 0 atom stereocenters. The van der Waals surface area contributed by atoms with Crippen LogP contribution in [0.3, 0.4) is 0 Å².